The lowest BCUT2D eigenvalue weighted by atomic mass is 9.80. The number of nitrogens with zero attached hydrogens (tertiary/aromatic N) is 3. The van der Waals surface area contributed by atoms with Crippen LogP contribution in [0.4, 0.5) is 17.6 Å². The number of pyridine rings is 1. The average molecular weight is 489 g/mol. The summed E-state index contributed by atoms with van der Waals surface area (Å²) in [6.45, 7) is 0.952. The molecule has 3 atom stereocenters. The molecule has 34 heavy (non-hydrogen) atoms. The number of carboxylic acid groups (broad SMARTS) is 1. The Morgan fingerprint density at radius 3 is 2.44 bits per heavy atom. The summed E-state index contributed by atoms with van der Waals surface area (Å²) in [7, 11) is 1.75. The summed E-state index contributed by atoms with van der Waals surface area (Å²) in [6.07, 6.45) is -0.712. The predicted octanol–water partition coefficient (Wildman–Crippen LogP) is 2.71. The summed E-state index contributed by atoms with van der Waals surface area (Å²) in [4.78, 5) is 41.7. The van der Waals surface area contributed by atoms with Crippen LogP contribution in [-0.4, -0.2) is 81.4 Å². The van der Waals surface area contributed by atoms with E-state index in [0.717, 1.165) is 12.1 Å². The Balaban J connectivity index is 0.000000406. The molecule has 3 fully saturated rings. The number of aliphatic carboxylic acids is 1. The number of carbonyl (C=O) groups is 3. The quantitative estimate of drug-likeness (QED) is 0.653. The zero-order valence-electron chi connectivity index (χ0n) is 18.6. The number of hydrogen-bond donors (Lipinski definition) is 1. The van der Waals surface area contributed by atoms with Gasteiger partial charge in [-0.25, -0.2) is 9.18 Å². The van der Waals surface area contributed by atoms with Crippen molar-refractivity contribution in [2.24, 2.45) is 0 Å². The second kappa shape index (κ2) is 10.2. The first-order valence-corrected chi connectivity index (χ1v) is 11.0. The Kier molecular flexibility index (Phi) is 7.79. The smallest absolute Gasteiger partial charge is 0.475 e. The second-order valence-electron chi connectivity index (χ2n) is 8.73. The molecular formula is C22H27F4N3O5. The van der Waals surface area contributed by atoms with E-state index in [0.29, 0.717) is 45.2 Å². The molecule has 2 aliphatic heterocycles. The number of carboxylic acids is 1. The summed E-state index contributed by atoms with van der Waals surface area (Å²) in [5, 5.41) is 7.12. The van der Waals surface area contributed by atoms with Gasteiger partial charge in [0.25, 0.3) is 11.8 Å². The molecule has 1 aromatic rings. The Hall–Kier alpha value is -2.76. The number of hydrogen-bond acceptors (Lipinski definition) is 5. The number of alkyl halides is 4. The van der Waals surface area contributed by atoms with Crippen molar-refractivity contribution in [1.29, 1.82) is 0 Å². The van der Waals surface area contributed by atoms with Gasteiger partial charge in [-0.2, -0.15) is 13.2 Å². The zero-order chi connectivity index (χ0) is 25.1. The van der Waals surface area contributed by atoms with Crippen LogP contribution in [0.5, 0.6) is 0 Å². The molecule has 0 spiro atoms. The molecule has 0 unspecified atom stereocenters. The molecule has 0 aromatic carbocycles. The molecule has 2 saturated heterocycles. The van der Waals surface area contributed by atoms with E-state index in [1.165, 1.54) is 0 Å². The largest absolute Gasteiger partial charge is 0.490 e. The van der Waals surface area contributed by atoms with E-state index in [-0.39, 0.29) is 24.0 Å². The van der Waals surface area contributed by atoms with E-state index in [4.69, 9.17) is 14.6 Å². The van der Waals surface area contributed by atoms with Gasteiger partial charge in [-0.15, -0.1) is 0 Å². The summed E-state index contributed by atoms with van der Waals surface area (Å²) in [6, 6.07) is 5.52. The first-order chi connectivity index (χ1) is 15.9. The van der Waals surface area contributed by atoms with Crippen LogP contribution in [-0.2, 0) is 25.7 Å². The number of likely N-dealkylation sites (N-methyl/N-ethyl adjacent to an activating group) is 1. The van der Waals surface area contributed by atoms with Crippen LogP contribution in [0.2, 0.25) is 0 Å². The van der Waals surface area contributed by atoms with Gasteiger partial charge in [-0.05, 0) is 50.7 Å². The fourth-order valence-electron chi connectivity index (χ4n) is 4.38. The fraction of sp³-hybridized carbons (Fsp3) is 0.636. The van der Waals surface area contributed by atoms with Gasteiger partial charge in [0.1, 0.15) is 6.10 Å². The molecular weight excluding hydrogens is 462 g/mol. The summed E-state index contributed by atoms with van der Waals surface area (Å²) < 4.78 is 52.3. The van der Waals surface area contributed by atoms with Crippen LogP contribution in [0.3, 0.4) is 0 Å². The Labute approximate surface area is 193 Å². The van der Waals surface area contributed by atoms with Crippen LogP contribution in [0.15, 0.2) is 24.4 Å². The van der Waals surface area contributed by atoms with Crippen LogP contribution >= 0.6 is 0 Å². The lowest BCUT2D eigenvalue weighted by Gasteiger charge is -2.41. The molecule has 1 N–H and O–H groups in total. The number of likely N-dealkylation sites (tertiary alicyclic amines) is 1. The molecule has 0 bridgehead atoms. The Morgan fingerprint density at radius 2 is 1.91 bits per heavy atom. The van der Waals surface area contributed by atoms with E-state index >= 15 is 0 Å². The standard InChI is InChI=1S/C20H26FN3O3.C2HF3O2/c1-23(13-14-5-2-3-11-22-14)18(25)17-7-6-15-16(27-17)8-12-24(15)19(26)20(21)9-4-10-20;3-2(4,5)1(6)7/h2-3,5,11,15-17H,4,6-10,12-13H2,1H3;(H,6,7)/t15-,16-,17+;/m1./s1. The minimum atomic E-state index is -5.08. The van der Waals surface area contributed by atoms with Crippen LogP contribution in [0.25, 0.3) is 0 Å². The van der Waals surface area contributed by atoms with Crippen molar-refractivity contribution >= 4 is 17.8 Å². The van der Waals surface area contributed by atoms with E-state index in [2.05, 4.69) is 4.98 Å². The number of carbonyl (C=O) groups excluding carboxylic acids is 2. The maximum Gasteiger partial charge on any atom is 0.490 e. The van der Waals surface area contributed by atoms with Gasteiger partial charge < -0.3 is 19.6 Å². The third kappa shape index (κ3) is 5.83. The van der Waals surface area contributed by atoms with Crippen LogP contribution < -0.4 is 0 Å². The minimum absolute atomic E-state index is 0.0650. The van der Waals surface area contributed by atoms with E-state index in [1.807, 2.05) is 18.2 Å². The topological polar surface area (TPSA) is 100 Å². The van der Waals surface area contributed by atoms with Crippen molar-refractivity contribution in [2.45, 2.75) is 75.2 Å². The SMILES string of the molecule is CN(Cc1ccccn1)C(=O)[C@@H]1CC[C@@H]2[C@@H](CCN2C(=O)C2(F)CCC2)O1.O=C(O)C(F)(F)F. The molecule has 4 rings (SSSR count). The highest BCUT2D eigenvalue weighted by Gasteiger charge is 2.52. The summed E-state index contributed by atoms with van der Waals surface area (Å²) in [5.74, 6) is -3.20. The molecule has 188 valence electrons. The fourth-order valence-corrected chi connectivity index (χ4v) is 4.38. The van der Waals surface area contributed by atoms with Crippen LogP contribution in [0.1, 0.15) is 44.2 Å². The molecule has 2 amide bonds. The third-order valence-electron chi connectivity index (χ3n) is 6.36. The highest BCUT2D eigenvalue weighted by atomic mass is 19.4. The number of fused-ring (bicyclic) bond motifs is 1. The number of ether oxygens (including phenoxy) is 1. The van der Waals surface area contributed by atoms with E-state index < -0.39 is 23.9 Å². The zero-order valence-corrected chi connectivity index (χ0v) is 18.6. The maximum absolute atomic E-state index is 14.5. The number of aromatic nitrogens is 1. The van der Waals surface area contributed by atoms with Crippen molar-refractivity contribution in [1.82, 2.24) is 14.8 Å². The van der Waals surface area contributed by atoms with Gasteiger partial charge in [-0.3, -0.25) is 14.6 Å². The molecule has 1 aromatic heterocycles. The van der Waals surface area contributed by atoms with Crippen molar-refractivity contribution in [3.05, 3.63) is 30.1 Å². The summed E-state index contributed by atoms with van der Waals surface area (Å²) >= 11 is 0. The van der Waals surface area contributed by atoms with E-state index in [9.17, 15) is 27.2 Å². The first-order valence-electron chi connectivity index (χ1n) is 11.0. The highest BCUT2D eigenvalue weighted by Crippen LogP contribution is 2.41. The molecule has 8 nitrogen and oxygen atoms in total. The lowest BCUT2D eigenvalue weighted by Crippen LogP contribution is -2.55. The van der Waals surface area contributed by atoms with Crippen molar-refractivity contribution in [2.75, 3.05) is 13.6 Å². The van der Waals surface area contributed by atoms with Gasteiger partial charge in [0.15, 0.2) is 5.67 Å². The highest BCUT2D eigenvalue weighted by molar-refractivity contribution is 5.87. The van der Waals surface area contributed by atoms with Crippen molar-refractivity contribution in [3.8, 4) is 0 Å². The number of rotatable bonds is 4. The Bertz CT molecular complexity index is 894. The van der Waals surface area contributed by atoms with Gasteiger partial charge in [0.05, 0.1) is 24.4 Å². The number of amides is 2. The lowest BCUT2D eigenvalue weighted by molar-refractivity contribution is -0.192. The molecule has 3 aliphatic rings. The average Bonchev–Trinajstić information content (AvgIpc) is 3.20. The molecule has 1 aliphatic carbocycles. The molecule has 3 heterocycles. The van der Waals surface area contributed by atoms with Crippen molar-refractivity contribution < 1.29 is 41.8 Å². The minimum Gasteiger partial charge on any atom is -0.475 e. The second-order valence-corrected chi connectivity index (χ2v) is 8.73. The normalized spacial score (nSPS) is 25.3. The molecule has 1 saturated carbocycles. The van der Waals surface area contributed by atoms with Gasteiger partial charge in [-0.1, -0.05) is 6.07 Å². The molecule has 12 heteroatoms. The van der Waals surface area contributed by atoms with Gasteiger partial charge >= 0.3 is 12.1 Å². The number of halogens is 4. The predicted molar refractivity (Wildman–Crippen MR) is 110 cm³/mol. The maximum atomic E-state index is 14.5. The first kappa shape index (κ1) is 25.9. The monoisotopic (exact) mass is 489 g/mol. The van der Waals surface area contributed by atoms with Gasteiger partial charge in [0, 0.05) is 19.8 Å². The molecule has 0 radical (unpaired) electrons. The third-order valence-corrected chi connectivity index (χ3v) is 6.36. The summed E-state index contributed by atoms with van der Waals surface area (Å²) in [5.41, 5.74) is -0.835. The van der Waals surface area contributed by atoms with Crippen molar-refractivity contribution in [3.63, 3.8) is 0 Å². The van der Waals surface area contributed by atoms with E-state index in [1.54, 1.807) is 23.0 Å². The Morgan fingerprint density at radius 1 is 1.24 bits per heavy atom. The van der Waals surface area contributed by atoms with Crippen LogP contribution in [0, 0.1) is 0 Å². The van der Waals surface area contributed by atoms with Gasteiger partial charge in [0.2, 0.25) is 0 Å².